The maximum Gasteiger partial charge on any atom is 0.368 e. The third-order valence-electron chi connectivity index (χ3n) is 2.71. The predicted molar refractivity (Wildman–Crippen MR) is 86.0 cm³/mol. The van der Waals surface area contributed by atoms with Gasteiger partial charge >= 0.3 is 5.69 Å². The van der Waals surface area contributed by atoms with E-state index in [0.717, 1.165) is 15.1 Å². The van der Waals surface area contributed by atoms with Crippen molar-refractivity contribution >= 4 is 34.7 Å². The smallest absolute Gasteiger partial charge is 0.244 e. The highest BCUT2D eigenvalue weighted by atomic mass is 35.5. The first-order valence-electron chi connectivity index (χ1n) is 6.41. The standard InChI is InChI=1S/C12H11ClN6OS2/c1-2-21-11-15-14-10(22-11)7-18-12(20)19(17-16-18)9-5-3-8(13)4-6-9/h3-6H,2,7H2,1H3. The fraction of sp³-hybridized carbons (Fsp3) is 0.250. The van der Waals surface area contributed by atoms with Crippen LogP contribution in [0.1, 0.15) is 11.9 Å². The summed E-state index contributed by atoms with van der Waals surface area (Å²) in [6, 6.07) is 6.82. The van der Waals surface area contributed by atoms with Crippen LogP contribution in [0.25, 0.3) is 5.69 Å². The Morgan fingerprint density at radius 2 is 2.00 bits per heavy atom. The van der Waals surface area contributed by atoms with Gasteiger partial charge in [0.1, 0.15) is 11.6 Å². The number of rotatable bonds is 5. The Labute approximate surface area is 138 Å². The lowest BCUT2D eigenvalue weighted by atomic mass is 10.3. The van der Waals surface area contributed by atoms with Crippen molar-refractivity contribution < 1.29 is 0 Å². The lowest BCUT2D eigenvalue weighted by Crippen LogP contribution is -2.24. The third kappa shape index (κ3) is 3.21. The second kappa shape index (κ2) is 6.59. The molecule has 0 radical (unpaired) electrons. The number of hydrogen-bond donors (Lipinski definition) is 0. The van der Waals surface area contributed by atoms with Crippen molar-refractivity contribution in [2.75, 3.05) is 5.75 Å². The van der Waals surface area contributed by atoms with Gasteiger partial charge in [-0.3, -0.25) is 0 Å². The number of nitrogens with zero attached hydrogens (tertiary/aromatic N) is 6. The molecule has 0 aliphatic heterocycles. The van der Waals surface area contributed by atoms with Gasteiger partial charge in [-0.05, 0) is 40.4 Å². The quantitative estimate of drug-likeness (QED) is 0.653. The molecule has 0 saturated heterocycles. The predicted octanol–water partition coefficient (Wildman–Crippen LogP) is 2.09. The maximum absolute atomic E-state index is 12.3. The molecule has 0 aliphatic rings. The molecule has 0 aliphatic carbocycles. The van der Waals surface area contributed by atoms with E-state index in [2.05, 4.69) is 20.6 Å². The van der Waals surface area contributed by atoms with Crippen molar-refractivity contribution in [3.63, 3.8) is 0 Å². The van der Waals surface area contributed by atoms with Crippen LogP contribution in [0, 0.1) is 0 Å². The second-order valence-electron chi connectivity index (χ2n) is 4.20. The summed E-state index contributed by atoms with van der Waals surface area (Å²) in [4.78, 5) is 12.3. The number of halogens is 1. The largest absolute Gasteiger partial charge is 0.368 e. The molecule has 1 aromatic carbocycles. The fourth-order valence-corrected chi connectivity index (χ4v) is 3.63. The number of aromatic nitrogens is 6. The van der Waals surface area contributed by atoms with Crippen LogP contribution in [-0.4, -0.2) is 35.7 Å². The lowest BCUT2D eigenvalue weighted by Gasteiger charge is -1.97. The van der Waals surface area contributed by atoms with E-state index in [1.807, 2.05) is 6.92 Å². The number of benzene rings is 1. The van der Waals surface area contributed by atoms with Crippen molar-refractivity contribution in [2.24, 2.45) is 0 Å². The van der Waals surface area contributed by atoms with Crippen LogP contribution in [0.4, 0.5) is 0 Å². The molecule has 10 heteroatoms. The first-order chi connectivity index (χ1) is 10.7. The van der Waals surface area contributed by atoms with E-state index in [0.29, 0.717) is 10.7 Å². The molecular weight excluding hydrogens is 344 g/mol. The second-order valence-corrected chi connectivity index (χ2v) is 7.21. The van der Waals surface area contributed by atoms with Gasteiger partial charge in [-0.1, -0.05) is 41.6 Å². The zero-order chi connectivity index (χ0) is 15.5. The van der Waals surface area contributed by atoms with Gasteiger partial charge in [0.2, 0.25) is 0 Å². The SMILES string of the molecule is CCSc1nnc(Cn2nnn(-c3ccc(Cl)cc3)c2=O)s1. The molecule has 22 heavy (non-hydrogen) atoms. The molecule has 0 N–H and O–H groups in total. The van der Waals surface area contributed by atoms with E-state index in [1.54, 1.807) is 36.0 Å². The maximum atomic E-state index is 12.3. The summed E-state index contributed by atoms with van der Waals surface area (Å²) in [5, 5.41) is 17.2. The van der Waals surface area contributed by atoms with Crippen LogP contribution in [0.2, 0.25) is 5.02 Å². The summed E-state index contributed by atoms with van der Waals surface area (Å²) in [7, 11) is 0. The summed E-state index contributed by atoms with van der Waals surface area (Å²) < 4.78 is 3.37. The van der Waals surface area contributed by atoms with Gasteiger partial charge in [0, 0.05) is 5.02 Å². The lowest BCUT2D eigenvalue weighted by molar-refractivity contribution is 0.625. The van der Waals surface area contributed by atoms with Crippen LogP contribution in [0.5, 0.6) is 0 Å². The van der Waals surface area contributed by atoms with Crippen LogP contribution in [0.3, 0.4) is 0 Å². The molecule has 0 bridgehead atoms. The van der Waals surface area contributed by atoms with E-state index in [4.69, 9.17) is 11.6 Å². The topological polar surface area (TPSA) is 78.5 Å². The molecule has 0 amide bonds. The van der Waals surface area contributed by atoms with Crippen molar-refractivity contribution in [1.29, 1.82) is 0 Å². The van der Waals surface area contributed by atoms with E-state index in [9.17, 15) is 4.79 Å². The van der Waals surface area contributed by atoms with Gasteiger partial charge in [-0.2, -0.15) is 9.36 Å². The first-order valence-corrected chi connectivity index (χ1v) is 8.59. The number of tetrazole rings is 1. The van der Waals surface area contributed by atoms with Crippen LogP contribution >= 0.6 is 34.7 Å². The normalized spacial score (nSPS) is 11.0. The third-order valence-corrected chi connectivity index (χ3v) is 4.89. The van der Waals surface area contributed by atoms with E-state index in [1.165, 1.54) is 20.7 Å². The summed E-state index contributed by atoms with van der Waals surface area (Å²) >= 11 is 8.91. The molecule has 0 saturated carbocycles. The molecule has 3 aromatic rings. The van der Waals surface area contributed by atoms with Crippen LogP contribution < -0.4 is 5.69 Å². The van der Waals surface area contributed by atoms with Crippen molar-refractivity contribution in [3.8, 4) is 5.69 Å². The fourth-order valence-electron chi connectivity index (χ4n) is 1.73. The molecule has 0 atom stereocenters. The Morgan fingerprint density at radius 3 is 2.73 bits per heavy atom. The average molecular weight is 355 g/mol. The van der Waals surface area contributed by atoms with Crippen LogP contribution in [-0.2, 0) is 6.54 Å². The van der Waals surface area contributed by atoms with Gasteiger partial charge < -0.3 is 0 Å². The Morgan fingerprint density at radius 1 is 1.23 bits per heavy atom. The highest BCUT2D eigenvalue weighted by molar-refractivity contribution is 8.00. The van der Waals surface area contributed by atoms with E-state index < -0.39 is 0 Å². The van der Waals surface area contributed by atoms with Gasteiger partial charge in [0.25, 0.3) is 0 Å². The van der Waals surface area contributed by atoms with E-state index >= 15 is 0 Å². The zero-order valence-corrected chi connectivity index (χ0v) is 13.9. The van der Waals surface area contributed by atoms with Crippen molar-refractivity contribution in [1.82, 2.24) is 30.0 Å². The summed E-state index contributed by atoms with van der Waals surface area (Å²) in [6.07, 6.45) is 0. The highest BCUT2D eigenvalue weighted by Gasteiger charge is 2.12. The molecule has 3 rings (SSSR count). The first kappa shape index (κ1) is 15.2. The monoisotopic (exact) mass is 354 g/mol. The Bertz CT molecular complexity index is 825. The molecule has 0 unspecified atom stereocenters. The Kier molecular flexibility index (Phi) is 4.55. The molecule has 0 spiro atoms. The van der Waals surface area contributed by atoms with Gasteiger partial charge in [0.15, 0.2) is 4.34 Å². The summed E-state index contributed by atoms with van der Waals surface area (Å²) in [5.74, 6) is 0.932. The molecule has 114 valence electrons. The molecular formula is C12H11ClN6OS2. The molecule has 2 aromatic heterocycles. The molecule has 2 heterocycles. The van der Waals surface area contributed by atoms with Gasteiger partial charge in [-0.15, -0.1) is 10.2 Å². The molecule has 7 nitrogen and oxygen atoms in total. The Balaban J connectivity index is 1.83. The zero-order valence-electron chi connectivity index (χ0n) is 11.5. The van der Waals surface area contributed by atoms with Crippen LogP contribution in [0.15, 0.2) is 33.4 Å². The highest BCUT2D eigenvalue weighted by Crippen LogP contribution is 2.21. The number of hydrogen-bond acceptors (Lipinski definition) is 7. The minimum Gasteiger partial charge on any atom is -0.244 e. The van der Waals surface area contributed by atoms with Crippen molar-refractivity contribution in [3.05, 3.63) is 44.8 Å². The minimum absolute atomic E-state index is 0.258. The molecule has 0 fully saturated rings. The van der Waals surface area contributed by atoms with Gasteiger partial charge in [0.05, 0.1) is 5.69 Å². The average Bonchev–Trinajstić information content (AvgIpc) is 3.09. The van der Waals surface area contributed by atoms with Crippen molar-refractivity contribution in [2.45, 2.75) is 17.8 Å². The minimum atomic E-state index is -0.331. The van der Waals surface area contributed by atoms with E-state index in [-0.39, 0.29) is 12.2 Å². The number of thioether (sulfide) groups is 1. The Hall–Kier alpha value is -1.71. The van der Waals surface area contributed by atoms with Gasteiger partial charge in [-0.25, -0.2) is 4.79 Å². The summed E-state index contributed by atoms with van der Waals surface area (Å²) in [5.41, 5.74) is 0.280. The summed E-state index contributed by atoms with van der Waals surface area (Å²) in [6.45, 7) is 2.31.